The molecule has 2 N–H and O–H groups in total. The van der Waals surface area contributed by atoms with Gasteiger partial charge in [0.05, 0.1) is 6.04 Å². The Morgan fingerprint density at radius 2 is 1.81 bits per heavy atom. The summed E-state index contributed by atoms with van der Waals surface area (Å²) in [5.74, 6) is -0.195. The Morgan fingerprint density at radius 3 is 2.29 bits per heavy atom. The highest BCUT2D eigenvalue weighted by Crippen LogP contribution is 2.35. The SMILES string of the molecule is CCC(C)(C)N(C)C(CN)c1ccccc1OC(F)(F)F. The van der Waals surface area contributed by atoms with Crippen LogP contribution in [0, 0.1) is 0 Å². The molecule has 0 aromatic heterocycles. The van der Waals surface area contributed by atoms with Gasteiger partial charge in [-0.3, -0.25) is 4.90 Å². The maximum atomic E-state index is 12.5. The van der Waals surface area contributed by atoms with Gasteiger partial charge >= 0.3 is 6.36 Å². The van der Waals surface area contributed by atoms with Gasteiger partial charge in [0.15, 0.2) is 0 Å². The van der Waals surface area contributed by atoms with Gasteiger partial charge in [-0.15, -0.1) is 13.2 Å². The number of ether oxygens (including phenoxy) is 1. The van der Waals surface area contributed by atoms with Crippen LogP contribution in [-0.4, -0.2) is 30.4 Å². The molecule has 1 aromatic rings. The third-order valence-corrected chi connectivity index (χ3v) is 4.01. The number of benzene rings is 1. The number of hydrogen-bond donors (Lipinski definition) is 1. The van der Waals surface area contributed by atoms with Gasteiger partial charge in [-0.05, 0) is 33.4 Å². The van der Waals surface area contributed by atoms with Crippen molar-refractivity contribution < 1.29 is 17.9 Å². The summed E-state index contributed by atoms with van der Waals surface area (Å²) in [4.78, 5) is 1.99. The zero-order chi connectivity index (χ0) is 16.3. The minimum Gasteiger partial charge on any atom is -0.405 e. The molecular formula is C15H23F3N2O. The summed E-state index contributed by atoms with van der Waals surface area (Å²) in [7, 11) is 1.87. The molecule has 0 heterocycles. The predicted octanol–water partition coefficient (Wildman–Crippen LogP) is 3.71. The lowest BCUT2D eigenvalue weighted by Crippen LogP contribution is -2.45. The number of halogens is 3. The molecule has 0 radical (unpaired) electrons. The van der Waals surface area contributed by atoms with E-state index in [-0.39, 0.29) is 23.9 Å². The number of nitrogens with zero attached hydrogens (tertiary/aromatic N) is 1. The zero-order valence-electron chi connectivity index (χ0n) is 12.9. The molecule has 0 amide bonds. The number of para-hydroxylation sites is 1. The van der Waals surface area contributed by atoms with Crippen molar-refractivity contribution in [1.82, 2.24) is 4.90 Å². The van der Waals surface area contributed by atoms with E-state index in [0.29, 0.717) is 5.56 Å². The van der Waals surface area contributed by atoms with Crippen molar-refractivity contribution in [3.05, 3.63) is 29.8 Å². The van der Waals surface area contributed by atoms with Gasteiger partial charge in [-0.1, -0.05) is 25.1 Å². The van der Waals surface area contributed by atoms with Crippen LogP contribution in [0.1, 0.15) is 38.8 Å². The van der Waals surface area contributed by atoms with Crippen molar-refractivity contribution in [2.45, 2.75) is 45.1 Å². The van der Waals surface area contributed by atoms with E-state index in [2.05, 4.69) is 4.74 Å². The smallest absolute Gasteiger partial charge is 0.405 e. The lowest BCUT2D eigenvalue weighted by molar-refractivity contribution is -0.275. The molecule has 0 aliphatic carbocycles. The van der Waals surface area contributed by atoms with Crippen LogP contribution in [0.4, 0.5) is 13.2 Å². The molecule has 0 saturated heterocycles. The van der Waals surface area contributed by atoms with Crippen LogP contribution in [0.25, 0.3) is 0 Å². The first-order valence-electron chi connectivity index (χ1n) is 6.90. The minimum absolute atomic E-state index is 0.185. The molecule has 1 atom stereocenters. The normalized spacial score (nSPS) is 14.3. The second kappa shape index (κ2) is 6.66. The highest BCUT2D eigenvalue weighted by Gasteiger charge is 2.35. The topological polar surface area (TPSA) is 38.5 Å². The Hall–Kier alpha value is -1.27. The summed E-state index contributed by atoms with van der Waals surface area (Å²) in [6.07, 6.45) is -3.86. The molecule has 21 heavy (non-hydrogen) atoms. The first-order valence-corrected chi connectivity index (χ1v) is 6.90. The molecule has 1 rings (SSSR count). The van der Waals surface area contributed by atoms with Crippen molar-refractivity contribution >= 4 is 0 Å². The van der Waals surface area contributed by atoms with Crippen LogP contribution in [-0.2, 0) is 0 Å². The molecule has 0 aliphatic rings. The molecule has 6 heteroatoms. The molecule has 0 spiro atoms. The fourth-order valence-electron chi connectivity index (χ4n) is 2.14. The highest BCUT2D eigenvalue weighted by molar-refractivity contribution is 5.36. The Morgan fingerprint density at radius 1 is 1.24 bits per heavy atom. The van der Waals surface area contributed by atoms with Gasteiger partial charge < -0.3 is 10.5 Å². The van der Waals surface area contributed by atoms with Crippen molar-refractivity contribution in [2.75, 3.05) is 13.6 Å². The van der Waals surface area contributed by atoms with E-state index < -0.39 is 6.36 Å². The van der Waals surface area contributed by atoms with Gasteiger partial charge in [0.25, 0.3) is 0 Å². The molecule has 1 aromatic carbocycles. The predicted molar refractivity (Wildman–Crippen MR) is 77.1 cm³/mol. The van der Waals surface area contributed by atoms with E-state index in [9.17, 15) is 13.2 Å². The standard InChI is InChI=1S/C15H23F3N2O/c1-5-14(2,3)20(4)12(10-19)11-8-6-7-9-13(11)21-15(16,17)18/h6-9,12H,5,10,19H2,1-4H3. The van der Waals surface area contributed by atoms with Crippen molar-refractivity contribution in [3.8, 4) is 5.75 Å². The fraction of sp³-hybridized carbons (Fsp3) is 0.600. The fourth-order valence-corrected chi connectivity index (χ4v) is 2.14. The number of likely N-dealkylation sites (N-methyl/N-ethyl adjacent to an activating group) is 1. The van der Waals surface area contributed by atoms with E-state index in [0.717, 1.165) is 6.42 Å². The quantitative estimate of drug-likeness (QED) is 0.871. The van der Waals surface area contributed by atoms with Crippen LogP contribution in [0.2, 0.25) is 0 Å². The average molecular weight is 304 g/mol. The third-order valence-electron chi connectivity index (χ3n) is 4.01. The van der Waals surface area contributed by atoms with Gasteiger partial charge in [-0.25, -0.2) is 0 Å². The summed E-state index contributed by atoms with van der Waals surface area (Å²) < 4.78 is 41.7. The lowest BCUT2D eigenvalue weighted by Gasteiger charge is -2.41. The molecule has 120 valence electrons. The summed E-state index contributed by atoms with van der Waals surface area (Å²) in [5.41, 5.74) is 6.07. The van der Waals surface area contributed by atoms with Gasteiger partial charge in [-0.2, -0.15) is 0 Å². The van der Waals surface area contributed by atoms with E-state index in [1.807, 2.05) is 32.7 Å². The van der Waals surface area contributed by atoms with Crippen molar-refractivity contribution in [2.24, 2.45) is 5.73 Å². The Balaban J connectivity index is 3.17. The van der Waals surface area contributed by atoms with Crippen LogP contribution >= 0.6 is 0 Å². The second-order valence-electron chi connectivity index (χ2n) is 5.61. The first kappa shape index (κ1) is 17.8. The summed E-state index contributed by atoms with van der Waals surface area (Å²) in [6, 6.07) is 5.80. The molecule has 3 nitrogen and oxygen atoms in total. The largest absolute Gasteiger partial charge is 0.573 e. The number of alkyl halides is 3. The monoisotopic (exact) mass is 304 g/mol. The Kier molecular flexibility index (Phi) is 5.64. The van der Waals surface area contributed by atoms with Crippen LogP contribution in [0.15, 0.2) is 24.3 Å². The maximum absolute atomic E-state index is 12.5. The molecule has 0 aliphatic heterocycles. The molecule has 0 bridgehead atoms. The summed E-state index contributed by atoms with van der Waals surface area (Å²) >= 11 is 0. The van der Waals surface area contributed by atoms with Crippen molar-refractivity contribution in [1.29, 1.82) is 0 Å². The summed E-state index contributed by atoms with van der Waals surface area (Å²) in [5, 5.41) is 0. The Labute approximate surface area is 123 Å². The second-order valence-corrected chi connectivity index (χ2v) is 5.61. The lowest BCUT2D eigenvalue weighted by atomic mass is 9.94. The number of nitrogens with two attached hydrogens (primary N) is 1. The van der Waals surface area contributed by atoms with E-state index >= 15 is 0 Å². The minimum atomic E-state index is -4.71. The van der Waals surface area contributed by atoms with Gasteiger partial charge in [0.1, 0.15) is 5.75 Å². The molecule has 0 saturated carbocycles. The van der Waals surface area contributed by atoms with E-state index in [1.165, 1.54) is 12.1 Å². The van der Waals surface area contributed by atoms with Gasteiger partial charge in [0.2, 0.25) is 0 Å². The van der Waals surface area contributed by atoms with Crippen LogP contribution < -0.4 is 10.5 Å². The number of rotatable bonds is 6. The first-order chi connectivity index (χ1) is 9.62. The van der Waals surface area contributed by atoms with Crippen molar-refractivity contribution in [3.63, 3.8) is 0 Å². The summed E-state index contributed by atoms with van der Waals surface area (Å²) in [6.45, 7) is 6.30. The number of hydrogen-bond acceptors (Lipinski definition) is 3. The third kappa shape index (κ3) is 4.61. The molecule has 0 fully saturated rings. The Bertz CT molecular complexity index is 460. The van der Waals surface area contributed by atoms with Crippen LogP contribution in [0.3, 0.4) is 0 Å². The molecule has 1 unspecified atom stereocenters. The van der Waals surface area contributed by atoms with Crippen LogP contribution in [0.5, 0.6) is 5.75 Å². The van der Waals surface area contributed by atoms with E-state index in [4.69, 9.17) is 5.73 Å². The van der Waals surface area contributed by atoms with Gasteiger partial charge in [0, 0.05) is 17.6 Å². The highest BCUT2D eigenvalue weighted by atomic mass is 19.4. The average Bonchev–Trinajstić information content (AvgIpc) is 2.39. The van der Waals surface area contributed by atoms with E-state index in [1.54, 1.807) is 12.1 Å². The zero-order valence-corrected chi connectivity index (χ0v) is 12.9. The molecular weight excluding hydrogens is 281 g/mol. The maximum Gasteiger partial charge on any atom is 0.573 e.